The van der Waals surface area contributed by atoms with Gasteiger partial charge in [0.05, 0.1) is 12.1 Å². The molecule has 1 heterocycles. The SMILES string of the molecule is Cc1ccc(-c2nc(CC(=O)NCCCN)cs2)cc1. The van der Waals surface area contributed by atoms with Crippen molar-refractivity contribution in [3.05, 3.63) is 40.9 Å². The average molecular weight is 289 g/mol. The summed E-state index contributed by atoms with van der Waals surface area (Å²) in [5, 5.41) is 5.73. The Hall–Kier alpha value is -1.72. The maximum Gasteiger partial charge on any atom is 0.226 e. The maximum absolute atomic E-state index is 11.7. The number of aryl methyl sites for hydroxylation is 1. The van der Waals surface area contributed by atoms with Gasteiger partial charge in [-0.2, -0.15) is 0 Å². The standard InChI is InChI=1S/C15H19N3OS/c1-11-3-5-12(6-4-11)15-18-13(10-20-15)9-14(19)17-8-2-7-16/h3-6,10H,2,7-9,16H2,1H3,(H,17,19). The van der Waals surface area contributed by atoms with Gasteiger partial charge in [-0.05, 0) is 19.9 Å². The Kier molecular flexibility index (Phi) is 5.26. The van der Waals surface area contributed by atoms with Gasteiger partial charge < -0.3 is 11.1 Å². The molecule has 0 atom stereocenters. The number of nitrogens with one attached hydrogen (secondary N) is 1. The minimum Gasteiger partial charge on any atom is -0.356 e. The molecule has 0 spiro atoms. The Bertz CT molecular complexity index is 563. The summed E-state index contributed by atoms with van der Waals surface area (Å²) in [6, 6.07) is 8.24. The number of carbonyl (C=O) groups excluding carboxylic acids is 1. The van der Waals surface area contributed by atoms with E-state index in [1.54, 1.807) is 11.3 Å². The molecule has 0 aliphatic carbocycles. The topological polar surface area (TPSA) is 68.0 Å². The smallest absolute Gasteiger partial charge is 0.226 e. The van der Waals surface area contributed by atoms with E-state index in [2.05, 4.69) is 41.5 Å². The predicted molar refractivity (Wildman–Crippen MR) is 82.7 cm³/mol. The normalized spacial score (nSPS) is 10.5. The number of rotatable bonds is 6. The Morgan fingerprint density at radius 2 is 2.10 bits per heavy atom. The molecule has 1 aromatic carbocycles. The summed E-state index contributed by atoms with van der Waals surface area (Å²) in [6.45, 7) is 3.28. The number of benzene rings is 1. The van der Waals surface area contributed by atoms with Crippen LogP contribution in [0.1, 0.15) is 17.7 Å². The van der Waals surface area contributed by atoms with Crippen LogP contribution in [-0.4, -0.2) is 24.0 Å². The van der Waals surface area contributed by atoms with Crippen LogP contribution in [0.5, 0.6) is 0 Å². The zero-order valence-corrected chi connectivity index (χ0v) is 12.4. The Morgan fingerprint density at radius 1 is 1.35 bits per heavy atom. The first kappa shape index (κ1) is 14.7. The van der Waals surface area contributed by atoms with Gasteiger partial charge in [-0.15, -0.1) is 11.3 Å². The highest BCUT2D eigenvalue weighted by Gasteiger charge is 2.08. The van der Waals surface area contributed by atoms with Gasteiger partial charge in [0.2, 0.25) is 5.91 Å². The van der Waals surface area contributed by atoms with Crippen LogP contribution in [-0.2, 0) is 11.2 Å². The highest BCUT2D eigenvalue weighted by Crippen LogP contribution is 2.24. The van der Waals surface area contributed by atoms with Gasteiger partial charge in [-0.3, -0.25) is 4.79 Å². The van der Waals surface area contributed by atoms with E-state index in [4.69, 9.17) is 5.73 Å². The van der Waals surface area contributed by atoms with Gasteiger partial charge in [0.15, 0.2) is 0 Å². The number of nitrogens with zero attached hydrogens (tertiary/aromatic N) is 1. The molecule has 0 fully saturated rings. The molecule has 4 nitrogen and oxygen atoms in total. The summed E-state index contributed by atoms with van der Waals surface area (Å²) in [5.74, 6) is -0.000735. The molecule has 0 saturated heterocycles. The van der Waals surface area contributed by atoms with Crippen molar-refractivity contribution in [2.45, 2.75) is 19.8 Å². The molecule has 0 bridgehead atoms. The lowest BCUT2D eigenvalue weighted by Gasteiger charge is -2.02. The Morgan fingerprint density at radius 3 is 2.80 bits per heavy atom. The molecular weight excluding hydrogens is 270 g/mol. The van der Waals surface area contributed by atoms with Crippen molar-refractivity contribution in [3.8, 4) is 10.6 Å². The summed E-state index contributed by atoms with van der Waals surface area (Å²) < 4.78 is 0. The second-order valence-electron chi connectivity index (χ2n) is 4.68. The van der Waals surface area contributed by atoms with E-state index < -0.39 is 0 Å². The van der Waals surface area contributed by atoms with Gasteiger partial charge in [0.1, 0.15) is 5.01 Å². The van der Waals surface area contributed by atoms with Crippen LogP contribution >= 0.6 is 11.3 Å². The molecule has 20 heavy (non-hydrogen) atoms. The molecule has 0 aliphatic rings. The monoisotopic (exact) mass is 289 g/mol. The van der Waals surface area contributed by atoms with E-state index in [1.165, 1.54) is 5.56 Å². The molecule has 106 valence electrons. The fourth-order valence-corrected chi connectivity index (χ4v) is 2.60. The summed E-state index contributed by atoms with van der Waals surface area (Å²) in [4.78, 5) is 16.2. The van der Waals surface area contributed by atoms with Crippen LogP contribution in [0, 0.1) is 6.92 Å². The van der Waals surface area contributed by atoms with Gasteiger partial charge in [-0.25, -0.2) is 4.98 Å². The lowest BCUT2D eigenvalue weighted by Crippen LogP contribution is -2.27. The number of hydrogen-bond acceptors (Lipinski definition) is 4. The Balaban J connectivity index is 1.95. The van der Waals surface area contributed by atoms with E-state index in [1.807, 2.05) is 5.38 Å². The van der Waals surface area contributed by atoms with Crippen LogP contribution < -0.4 is 11.1 Å². The first-order valence-corrected chi connectivity index (χ1v) is 7.55. The van der Waals surface area contributed by atoms with Crippen LogP contribution in [0.3, 0.4) is 0 Å². The average Bonchev–Trinajstić information content (AvgIpc) is 2.88. The molecule has 3 N–H and O–H groups in total. The van der Waals surface area contributed by atoms with Gasteiger partial charge in [-0.1, -0.05) is 29.8 Å². The predicted octanol–water partition coefficient (Wildman–Crippen LogP) is 2.13. The third kappa shape index (κ3) is 4.15. The fourth-order valence-electron chi connectivity index (χ4n) is 1.77. The number of amides is 1. The Labute approximate surface area is 123 Å². The molecular formula is C15H19N3OS. The summed E-state index contributed by atoms with van der Waals surface area (Å²) in [5.41, 5.74) is 8.52. The zero-order chi connectivity index (χ0) is 14.4. The van der Waals surface area contributed by atoms with Gasteiger partial charge in [0, 0.05) is 17.5 Å². The maximum atomic E-state index is 11.7. The molecule has 5 heteroatoms. The van der Waals surface area contributed by atoms with Crippen LogP contribution in [0.2, 0.25) is 0 Å². The fraction of sp³-hybridized carbons (Fsp3) is 0.333. The van der Waals surface area contributed by atoms with Crippen molar-refractivity contribution in [1.82, 2.24) is 10.3 Å². The lowest BCUT2D eigenvalue weighted by atomic mass is 10.2. The zero-order valence-electron chi connectivity index (χ0n) is 11.6. The largest absolute Gasteiger partial charge is 0.356 e. The molecule has 0 saturated carbocycles. The lowest BCUT2D eigenvalue weighted by molar-refractivity contribution is -0.120. The summed E-state index contributed by atoms with van der Waals surface area (Å²) in [7, 11) is 0. The summed E-state index contributed by atoms with van der Waals surface area (Å²) in [6.07, 6.45) is 1.13. The minimum absolute atomic E-state index is 0.000735. The molecule has 1 amide bonds. The van der Waals surface area contributed by atoms with Crippen LogP contribution in [0.15, 0.2) is 29.6 Å². The van der Waals surface area contributed by atoms with Crippen LogP contribution in [0.25, 0.3) is 10.6 Å². The summed E-state index contributed by atoms with van der Waals surface area (Å²) >= 11 is 1.57. The molecule has 1 aromatic heterocycles. The third-order valence-corrected chi connectivity index (χ3v) is 3.84. The third-order valence-electron chi connectivity index (χ3n) is 2.90. The highest BCUT2D eigenvalue weighted by atomic mass is 32.1. The number of hydrogen-bond donors (Lipinski definition) is 2. The van der Waals surface area contributed by atoms with Crippen molar-refractivity contribution in [1.29, 1.82) is 0 Å². The first-order valence-electron chi connectivity index (χ1n) is 6.67. The van der Waals surface area contributed by atoms with E-state index in [9.17, 15) is 4.79 Å². The quantitative estimate of drug-likeness (QED) is 0.800. The minimum atomic E-state index is -0.000735. The van der Waals surface area contributed by atoms with Crippen molar-refractivity contribution in [2.24, 2.45) is 5.73 Å². The van der Waals surface area contributed by atoms with E-state index in [0.29, 0.717) is 19.5 Å². The number of nitrogens with two attached hydrogens (primary N) is 1. The number of aromatic nitrogens is 1. The molecule has 0 radical (unpaired) electrons. The van der Waals surface area contributed by atoms with Crippen molar-refractivity contribution < 1.29 is 4.79 Å². The van der Waals surface area contributed by atoms with Crippen molar-refractivity contribution in [2.75, 3.05) is 13.1 Å². The number of carbonyl (C=O) groups is 1. The van der Waals surface area contributed by atoms with Gasteiger partial charge in [0.25, 0.3) is 0 Å². The second kappa shape index (κ2) is 7.17. The van der Waals surface area contributed by atoms with E-state index in [-0.39, 0.29) is 5.91 Å². The van der Waals surface area contributed by atoms with Crippen LogP contribution in [0.4, 0.5) is 0 Å². The molecule has 0 unspecified atom stereocenters. The van der Waals surface area contributed by atoms with Gasteiger partial charge >= 0.3 is 0 Å². The first-order chi connectivity index (χ1) is 9.69. The highest BCUT2D eigenvalue weighted by molar-refractivity contribution is 7.13. The van der Waals surface area contributed by atoms with Crippen molar-refractivity contribution in [3.63, 3.8) is 0 Å². The number of thiazole rings is 1. The molecule has 0 aliphatic heterocycles. The second-order valence-corrected chi connectivity index (χ2v) is 5.54. The molecule has 2 rings (SSSR count). The van der Waals surface area contributed by atoms with E-state index >= 15 is 0 Å². The molecule has 2 aromatic rings. The van der Waals surface area contributed by atoms with Crippen molar-refractivity contribution >= 4 is 17.2 Å². The van der Waals surface area contributed by atoms with E-state index in [0.717, 1.165) is 22.7 Å².